The molecule has 0 aliphatic carbocycles. The molecule has 2 atom stereocenters. The van der Waals surface area contributed by atoms with Crippen LogP contribution in [0.2, 0.25) is 0 Å². The van der Waals surface area contributed by atoms with Gasteiger partial charge in [-0.15, -0.1) is 0 Å². The van der Waals surface area contributed by atoms with Crippen LogP contribution in [0.4, 0.5) is 15.3 Å². The second kappa shape index (κ2) is 21.1. The Morgan fingerprint density at radius 2 is 1.60 bits per heavy atom. The number of hydrogen-bond acceptors (Lipinski definition) is 10. The summed E-state index contributed by atoms with van der Waals surface area (Å²) < 4.78 is 15.6. The zero-order valence-electron chi connectivity index (χ0n) is 35.8. The van der Waals surface area contributed by atoms with E-state index in [1.807, 2.05) is 58.9 Å². The van der Waals surface area contributed by atoms with Crippen molar-refractivity contribution in [1.29, 1.82) is 0 Å². The van der Waals surface area contributed by atoms with Gasteiger partial charge in [0.1, 0.15) is 6.04 Å². The molecule has 338 valence electrons. The van der Waals surface area contributed by atoms with Crippen LogP contribution in [-0.4, -0.2) is 144 Å². The Morgan fingerprint density at radius 3 is 2.32 bits per heavy atom. The number of carbonyl (C=O) groups excluding carboxylic acids is 5. The molecule has 2 N–H and O–H groups in total. The summed E-state index contributed by atoms with van der Waals surface area (Å²) in [6.07, 6.45) is 8.43. The van der Waals surface area contributed by atoms with Gasteiger partial charge in [-0.2, -0.15) is 0 Å². The molecular formula is C46H65N7O9. The minimum Gasteiger partial charge on any atom is -0.464 e. The molecular weight excluding hydrogens is 795 g/mol. The molecule has 5 aliphatic heterocycles. The van der Waals surface area contributed by atoms with Gasteiger partial charge in [0, 0.05) is 75.9 Å². The lowest BCUT2D eigenvalue weighted by Gasteiger charge is -2.39. The molecule has 4 saturated heterocycles. The van der Waals surface area contributed by atoms with Gasteiger partial charge in [0.25, 0.3) is 0 Å². The van der Waals surface area contributed by atoms with E-state index in [2.05, 4.69) is 21.3 Å². The minimum atomic E-state index is -0.471. The Morgan fingerprint density at radius 1 is 0.871 bits per heavy atom. The number of hydrogen-bond donors (Lipinski definition) is 2. The average molecular weight is 860 g/mol. The molecule has 62 heavy (non-hydrogen) atoms. The van der Waals surface area contributed by atoms with Crippen LogP contribution in [0.25, 0.3) is 11.1 Å². The normalized spacial score (nSPS) is 20.5. The van der Waals surface area contributed by atoms with Gasteiger partial charge < -0.3 is 38.8 Å². The van der Waals surface area contributed by atoms with E-state index in [4.69, 9.17) is 13.9 Å². The van der Waals surface area contributed by atoms with Gasteiger partial charge in [-0.05, 0) is 106 Å². The highest BCUT2D eigenvalue weighted by Gasteiger charge is 2.39. The summed E-state index contributed by atoms with van der Waals surface area (Å²) in [6.45, 7) is 9.91. The molecule has 0 unspecified atom stereocenters. The smallest absolute Gasteiger partial charge is 0.417 e. The number of piperidine rings is 2. The standard InChI is InChI=1S/C29H40N4O6.C16H21N3O3.CH4/c1-19-16-21(18-24-26(19)30-29(37)39-24)17-20(2)27(35)32-13-8-22(9-14-32)33-12-3-6-23(33)28(36)38-15-5-11-31-10-4-7-25(31)34;1-22-16(21)18-9-7-13(8-10-18)19-11-6-12-4-2-3-5-14(12)17-15(19)20;/h16,18,20,22-23H,3-15,17H2,1-2H3,(H,30,37);2-5,13H,6-11H2,1H3,(H,17,20);1H4/t20-,23+;;/m1../s1. The number of aromatic amines is 1. The highest BCUT2D eigenvalue weighted by Crippen LogP contribution is 2.29. The monoisotopic (exact) mass is 859 g/mol. The molecule has 16 nitrogen and oxygen atoms in total. The van der Waals surface area contributed by atoms with Crippen molar-refractivity contribution in [3.8, 4) is 0 Å². The number of rotatable bonds is 10. The van der Waals surface area contributed by atoms with Crippen LogP contribution in [0, 0.1) is 12.8 Å². The largest absolute Gasteiger partial charge is 0.464 e. The molecule has 0 bridgehead atoms. The molecule has 0 spiro atoms. The summed E-state index contributed by atoms with van der Waals surface area (Å²) >= 11 is 0. The quantitative estimate of drug-likeness (QED) is 0.194. The predicted octanol–water partition coefficient (Wildman–Crippen LogP) is 5.56. The van der Waals surface area contributed by atoms with Crippen molar-refractivity contribution in [3.05, 3.63) is 63.6 Å². The Hall–Kier alpha value is -5.38. The lowest BCUT2D eigenvalue weighted by atomic mass is 9.96. The van der Waals surface area contributed by atoms with Gasteiger partial charge in [0.2, 0.25) is 11.8 Å². The molecule has 1 aromatic heterocycles. The van der Waals surface area contributed by atoms with Gasteiger partial charge in [-0.1, -0.05) is 38.6 Å². The number of para-hydroxylation sites is 1. The minimum absolute atomic E-state index is 0. The number of ether oxygens (including phenoxy) is 2. The zero-order chi connectivity index (χ0) is 43.0. The number of likely N-dealkylation sites (tertiary alicyclic amines) is 4. The number of esters is 1. The molecule has 0 saturated carbocycles. The van der Waals surface area contributed by atoms with Crippen molar-refractivity contribution in [2.24, 2.45) is 5.92 Å². The molecule has 0 radical (unpaired) electrons. The fourth-order valence-electron chi connectivity index (χ4n) is 9.75. The van der Waals surface area contributed by atoms with Crippen LogP contribution in [0.1, 0.15) is 88.8 Å². The van der Waals surface area contributed by atoms with E-state index in [0.29, 0.717) is 76.2 Å². The molecule has 8 rings (SSSR count). The van der Waals surface area contributed by atoms with Gasteiger partial charge in [-0.3, -0.25) is 24.3 Å². The molecule has 5 aliphatic rings. The molecule has 16 heteroatoms. The number of urea groups is 1. The number of amides is 5. The summed E-state index contributed by atoms with van der Waals surface area (Å²) in [5, 5.41) is 3.00. The number of nitrogens with one attached hydrogen (secondary N) is 2. The summed E-state index contributed by atoms with van der Waals surface area (Å²) in [5.41, 5.74) is 5.20. The first-order chi connectivity index (χ1) is 29.5. The topological polar surface area (TPSA) is 178 Å². The number of benzene rings is 2. The van der Waals surface area contributed by atoms with E-state index < -0.39 is 5.76 Å². The fraction of sp³-hybridized carbons (Fsp3) is 0.609. The van der Waals surface area contributed by atoms with E-state index >= 15 is 0 Å². The first-order valence-corrected chi connectivity index (χ1v) is 22.1. The van der Waals surface area contributed by atoms with Crippen molar-refractivity contribution >= 4 is 46.7 Å². The van der Waals surface area contributed by atoms with Crippen LogP contribution >= 0.6 is 0 Å². The number of carbonyl (C=O) groups is 5. The lowest BCUT2D eigenvalue weighted by Crippen LogP contribution is -2.51. The summed E-state index contributed by atoms with van der Waals surface area (Å²) in [7, 11) is 1.40. The third kappa shape index (κ3) is 11.0. The van der Waals surface area contributed by atoms with Crippen LogP contribution in [0.15, 0.2) is 45.6 Å². The third-order valence-corrected chi connectivity index (χ3v) is 13.0. The van der Waals surface area contributed by atoms with E-state index in [1.54, 1.807) is 4.90 Å². The van der Waals surface area contributed by atoms with Crippen molar-refractivity contribution in [2.75, 3.05) is 71.4 Å². The maximum atomic E-state index is 13.3. The molecule has 5 amide bonds. The lowest BCUT2D eigenvalue weighted by molar-refractivity contribution is -0.151. The highest BCUT2D eigenvalue weighted by molar-refractivity contribution is 5.91. The molecule has 6 heterocycles. The van der Waals surface area contributed by atoms with Gasteiger partial charge in [0.05, 0.1) is 19.2 Å². The highest BCUT2D eigenvalue weighted by atomic mass is 16.5. The van der Waals surface area contributed by atoms with Crippen LogP contribution in [0.5, 0.6) is 0 Å². The number of aromatic nitrogens is 1. The number of anilines is 1. The van der Waals surface area contributed by atoms with E-state index in [-0.39, 0.29) is 61.4 Å². The SMILES string of the molecule is C.COC(=O)N1CCC(N2CCc3ccccc3NC2=O)CC1.Cc1cc(C[C@@H](C)C(=O)N2CCC(N3CCC[C@H]3C(=O)OCCCN3CCCC3=O)CC2)cc2oc(=O)[nH]c12. The van der Waals surface area contributed by atoms with Gasteiger partial charge in [0.15, 0.2) is 5.58 Å². The predicted molar refractivity (Wildman–Crippen MR) is 235 cm³/mol. The first-order valence-electron chi connectivity index (χ1n) is 22.1. The second-order valence-corrected chi connectivity index (χ2v) is 17.1. The zero-order valence-corrected chi connectivity index (χ0v) is 35.8. The van der Waals surface area contributed by atoms with E-state index in [0.717, 1.165) is 81.3 Å². The summed E-state index contributed by atoms with van der Waals surface area (Å²) in [4.78, 5) is 85.8. The number of fused-ring (bicyclic) bond motifs is 2. The first kappa shape index (κ1) is 46.1. The average Bonchev–Trinajstić information content (AvgIpc) is 4.00. The fourth-order valence-corrected chi connectivity index (χ4v) is 9.75. The summed E-state index contributed by atoms with van der Waals surface area (Å²) in [6, 6.07) is 12.0. The molecule has 2 aromatic carbocycles. The second-order valence-electron chi connectivity index (χ2n) is 17.1. The van der Waals surface area contributed by atoms with Gasteiger partial charge in [-0.25, -0.2) is 14.4 Å². The number of aryl methyl sites for hydroxylation is 1. The van der Waals surface area contributed by atoms with Crippen LogP contribution < -0.4 is 11.1 Å². The Labute approximate surface area is 364 Å². The van der Waals surface area contributed by atoms with E-state index in [1.165, 1.54) is 12.7 Å². The van der Waals surface area contributed by atoms with Crippen LogP contribution in [-0.2, 0) is 36.7 Å². The van der Waals surface area contributed by atoms with Crippen molar-refractivity contribution in [3.63, 3.8) is 0 Å². The number of methoxy groups -OCH3 is 1. The maximum absolute atomic E-state index is 13.3. The number of H-pyrrole nitrogens is 1. The maximum Gasteiger partial charge on any atom is 0.417 e. The van der Waals surface area contributed by atoms with Crippen LogP contribution in [0.3, 0.4) is 0 Å². The molecule has 3 aromatic rings. The Kier molecular flexibility index (Phi) is 15.7. The van der Waals surface area contributed by atoms with Crippen molar-refractivity contribution < 1.29 is 37.9 Å². The number of oxazole rings is 1. The Bertz CT molecular complexity index is 2100. The van der Waals surface area contributed by atoms with Gasteiger partial charge >= 0.3 is 23.8 Å². The Balaban J connectivity index is 0.000000236. The summed E-state index contributed by atoms with van der Waals surface area (Å²) in [5.74, 6) is -0.477. The van der Waals surface area contributed by atoms with Crippen molar-refractivity contribution in [1.82, 2.24) is 29.5 Å². The third-order valence-electron chi connectivity index (χ3n) is 13.0. The number of nitrogens with zero attached hydrogens (tertiary/aromatic N) is 5. The molecule has 4 fully saturated rings. The van der Waals surface area contributed by atoms with Crippen molar-refractivity contribution in [2.45, 2.75) is 110 Å². The van der Waals surface area contributed by atoms with E-state index in [9.17, 15) is 28.8 Å².